The van der Waals surface area contributed by atoms with Crippen LogP contribution in [0.15, 0.2) is 18.2 Å². The summed E-state index contributed by atoms with van der Waals surface area (Å²) in [4.78, 5) is 22.2. The summed E-state index contributed by atoms with van der Waals surface area (Å²) in [7, 11) is 0. The number of hydrogen-bond acceptors (Lipinski definition) is 3. The highest BCUT2D eigenvalue weighted by atomic mass is 35.5. The molecule has 128 valence electrons. The van der Waals surface area contributed by atoms with Gasteiger partial charge in [-0.05, 0) is 50.3 Å². The molecule has 1 amide bonds. The lowest BCUT2D eigenvalue weighted by Crippen LogP contribution is -2.36. The minimum atomic E-state index is -0.684. The number of aryl methyl sites for hydroxylation is 2. The van der Waals surface area contributed by atoms with Crippen LogP contribution in [0.1, 0.15) is 48.2 Å². The Bertz CT molecular complexity index is 559. The van der Waals surface area contributed by atoms with Crippen LogP contribution in [0, 0.1) is 5.41 Å². The lowest BCUT2D eigenvalue weighted by molar-refractivity contribution is -0.136. The number of benzene rings is 1. The van der Waals surface area contributed by atoms with Gasteiger partial charge in [0.2, 0.25) is 5.91 Å². The number of hydrogen-bond donors (Lipinski definition) is 2. The average Bonchev–Trinajstić information content (AvgIpc) is 3.02. The Kier molecular flexibility index (Phi) is 8.03. The van der Waals surface area contributed by atoms with Gasteiger partial charge in [0.25, 0.3) is 0 Å². The highest BCUT2D eigenvalue weighted by molar-refractivity contribution is 6.20. The molecule has 6 heteroatoms. The van der Waals surface area contributed by atoms with Gasteiger partial charge in [0.15, 0.2) is 5.78 Å². The van der Waals surface area contributed by atoms with Crippen molar-refractivity contribution >= 4 is 34.9 Å². The second kappa shape index (κ2) is 9.26. The zero-order chi connectivity index (χ0) is 17.5. The van der Waals surface area contributed by atoms with E-state index in [0.717, 1.165) is 12.0 Å². The van der Waals surface area contributed by atoms with Gasteiger partial charge in [0.05, 0.1) is 5.41 Å². The number of Topliss-reactive ketones (excluding diaryl/α,β-unsaturated/α-hetero) is 1. The van der Waals surface area contributed by atoms with E-state index in [0.29, 0.717) is 12.3 Å². The first-order valence-corrected chi connectivity index (χ1v) is 8.64. The van der Waals surface area contributed by atoms with E-state index in [4.69, 9.17) is 28.4 Å². The molecule has 0 aliphatic heterocycles. The quantitative estimate of drug-likeness (QED) is 0.364. The van der Waals surface area contributed by atoms with Crippen LogP contribution in [0.5, 0.6) is 0 Å². The maximum Gasteiger partial charge on any atom is 0.250 e. The van der Waals surface area contributed by atoms with Gasteiger partial charge < -0.3 is 0 Å². The van der Waals surface area contributed by atoms with E-state index in [2.05, 4.69) is 6.07 Å². The summed E-state index contributed by atoms with van der Waals surface area (Å²) in [5, 5.41) is 8.14. The number of halogens is 2. The van der Waals surface area contributed by atoms with Crippen LogP contribution in [0.4, 0.5) is 0 Å². The molecule has 0 saturated carbocycles. The van der Waals surface area contributed by atoms with Gasteiger partial charge >= 0.3 is 0 Å². The Morgan fingerprint density at radius 3 is 2.39 bits per heavy atom. The molecule has 1 aliphatic carbocycles. The second-order valence-electron chi connectivity index (χ2n) is 6.16. The maximum atomic E-state index is 11.6. The number of carbonyl (C=O) groups excluding carboxylic acids is 2. The molecule has 0 fully saturated rings. The van der Waals surface area contributed by atoms with Gasteiger partial charge in [-0.15, -0.1) is 23.2 Å². The van der Waals surface area contributed by atoms with Crippen molar-refractivity contribution in [1.82, 2.24) is 5.48 Å². The molecular formula is C17H23Cl2NO3. The second-order valence-corrected chi connectivity index (χ2v) is 6.80. The van der Waals surface area contributed by atoms with Crippen LogP contribution >= 0.6 is 23.2 Å². The molecule has 0 spiro atoms. The Morgan fingerprint density at radius 1 is 1.22 bits per heavy atom. The van der Waals surface area contributed by atoms with Crippen LogP contribution < -0.4 is 5.48 Å². The number of rotatable bonds is 5. The fourth-order valence-electron chi connectivity index (χ4n) is 2.19. The summed E-state index contributed by atoms with van der Waals surface area (Å²) in [5.41, 5.74) is 4.44. The molecule has 0 bridgehead atoms. The van der Waals surface area contributed by atoms with E-state index in [1.165, 1.54) is 29.4 Å². The lowest BCUT2D eigenvalue weighted by Gasteiger charge is -2.16. The first kappa shape index (κ1) is 19.9. The molecule has 2 rings (SSSR count). The molecule has 2 N–H and O–H groups in total. The highest BCUT2D eigenvalue weighted by Crippen LogP contribution is 2.23. The number of hydroxylamine groups is 1. The van der Waals surface area contributed by atoms with Crippen molar-refractivity contribution in [2.24, 2.45) is 5.41 Å². The minimum Gasteiger partial charge on any atom is -0.294 e. The van der Waals surface area contributed by atoms with Crippen molar-refractivity contribution in [1.29, 1.82) is 0 Å². The Morgan fingerprint density at radius 2 is 1.87 bits per heavy atom. The van der Waals surface area contributed by atoms with Gasteiger partial charge in [0, 0.05) is 23.7 Å². The summed E-state index contributed by atoms with van der Waals surface area (Å²) < 4.78 is 0. The smallest absolute Gasteiger partial charge is 0.250 e. The molecule has 0 saturated heterocycles. The molecule has 1 aliphatic rings. The van der Waals surface area contributed by atoms with Crippen molar-refractivity contribution in [2.75, 3.05) is 11.8 Å². The minimum absolute atomic E-state index is 0.162. The summed E-state index contributed by atoms with van der Waals surface area (Å²) in [6, 6.07) is 6.06. The first-order chi connectivity index (χ1) is 10.9. The van der Waals surface area contributed by atoms with Gasteiger partial charge in [-0.25, -0.2) is 5.48 Å². The van der Waals surface area contributed by atoms with E-state index >= 15 is 0 Å². The fraction of sp³-hybridized carbons (Fsp3) is 0.529. The van der Waals surface area contributed by atoms with Crippen molar-refractivity contribution in [2.45, 2.75) is 39.5 Å². The first-order valence-electron chi connectivity index (χ1n) is 7.57. The van der Waals surface area contributed by atoms with Crippen LogP contribution in [-0.4, -0.2) is 28.7 Å². The molecule has 1 aromatic rings. The van der Waals surface area contributed by atoms with Gasteiger partial charge in [0.1, 0.15) is 0 Å². The molecule has 0 atom stereocenters. The molecule has 0 radical (unpaired) electrons. The number of alkyl halides is 2. The predicted molar refractivity (Wildman–Crippen MR) is 92.6 cm³/mol. The summed E-state index contributed by atoms with van der Waals surface area (Å²) in [6.45, 7) is 3.29. The van der Waals surface area contributed by atoms with Crippen LogP contribution in [-0.2, 0) is 17.6 Å². The standard InChI is InChI=1S/C12H13ClO.C5H10ClNO2/c13-7-6-12(14)11-5-4-9-2-1-3-10(9)8-11;1-5(2,3-6)4(8)7-9/h4-5,8H,1-3,6-7H2;9H,3H2,1-2H3,(H,7,8). The van der Waals surface area contributed by atoms with Crippen LogP contribution in [0.25, 0.3) is 0 Å². The number of nitrogens with one attached hydrogen (secondary N) is 1. The molecule has 23 heavy (non-hydrogen) atoms. The number of fused-ring (bicyclic) bond motifs is 1. The fourth-order valence-corrected chi connectivity index (χ4v) is 2.48. The number of carbonyl (C=O) groups is 2. The monoisotopic (exact) mass is 359 g/mol. The normalized spacial score (nSPS) is 12.9. The third-order valence-electron chi connectivity index (χ3n) is 3.79. The molecule has 0 heterocycles. The Labute approximate surface area is 147 Å². The van der Waals surface area contributed by atoms with Crippen LogP contribution in [0.3, 0.4) is 0 Å². The van der Waals surface area contributed by atoms with Gasteiger partial charge in [-0.1, -0.05) is 12.1 Å². The van der Waals surface area contributed by atoms with Gasteiger partial charge in [-0.2, -0.15) is 0 Å². The third-order valence-corrected chi connectivity index (χ3v) is 4.65. The zero-order valence-electron chi connectivity index (χ0n) is 13.5. The maximum absolute atomic E-state index is 11.6. The summed E-state index contributed by atoms with van der Waals surface area (Å²) >= 11 is 10.9. The van der Waals surface area contributed by atoms with Crippen LogP contribution in [0.2, 0.25) is 0 Å². The zero-order valence-corrected chi connectivity index (χ0v) is 15.0. The SMILES string of the molecule is CC(C)(CCl)C(=O)NO.O=C(CCCl)c1ccc2c(c1)CCC2. The van der Waals surface area contributed by atoms with Crippen molar-refractivity contribution in [3.8, 4) is 0 Å². The lowest BCUT2D eigenvalue weighted by atomic mass is 9.96. The largest absolute Gasteiger partial charge is 0.294 e. The molecule has 0 aromatic heterocycles. The Balaban J connectivity index is 0.000000257. The molecule has 1 aromatic carbocycles. The molecule has 4 nitrogen and oxygen atoms in total. The summed E-state index contributed by atoms with van der Waals surface area (Å²) in [5.74, 6) is 0.308. The van der Waals surface area contributed by atoms with Gasteiger partial charge in [-0.3, -0.25) is 14.8 Å². The van der Waals surface area contributed by atoms with E-state index in [9.17, 15) is 9.59 Å². The molecular weight excluding hydrogens is 337 g/mol. The third kappa shape index (κ3) is 5.79. The van der Waals surface area contributed by atoms with E-state index in [-0.39, 0.29) is 11.7 Å². The van der Waals surface area contributed by atoms with E-state index < -0.39 is 11.3 Å². The number of ketones is 1. The summed E-state index contributed by atoms with van der Waals surface area (Å²) in [6.07, 6.45) is 3.96. The number of amides is 1. The van der Waals surface area contributed by atoms with Crippen molar-refractivity contribution in [3.63, 3.8) is 0 Å². The topological polar surface area (TPSA) is 66.4 Å². The average molecular weight is 360 g/mol. The Hall–Kier alpha value is -1.10. The highest BCUT2D eigenvalue weighted by Gasteiger charge is 2.25. The van der Waals surface area contributed by atoms with E-state index in [1.807, 2.05) is 12.1 Å². The van der Waals surface area contributed by atoms with E-state index in [1.54, 1.807) is 13.8 Å². The van der Waals surface area contributed by atoms with Crippen molar-refractivity contribution in [3.05, 3.63) is 34.9 Å². The van der Waals surface area contributed by atoms with Crippen molar-refractivity contribution < 1.29 is 14.8 Å². The predicted octanol–water partition coefficient (Wildman–Crippen LogP) is 3.74. The molecule has 0 unspecified atom stereocenters.